The second-order valence-corrected chi connectivity index (χ2v) is 8.01. The number of aromatic nitrogens is 1. The molecule has 3 heterocycles. The molecule has 4 rings (SSSR count). The third kappa shape index (κ3) is 4.78. The number of nitrogens with zero attached hydrogens (tertiary/aromatic N) is 4. The van der Waals surface area contributed by atoms with Crippen molar-refractivity contribution in [2.75, 3.05) is 31.1 Å². The van der Waals surface area contributed by atoms with Gasteiger partial charge in [0.1, 0.15) is 0 Å². The summed E-state index contributed by atoms with van der Waals surface area (Å²) in [7, 11) is 0. The molecule has 0 radical (unpaired) electrons. The van der Waals surface area contributed by atoms with Crippen LogP contribution in [-0.2, 0) is 9.59 Å². The summed E-state index contributed by atoms with van der Waals surface area (Å²) in [5.74, 6) is -0.143. The van der Waals surface area contributed by atoms with Gasteiger partial charge in [-0.25, -0.2) is 4.98 Å². The molecule has 1 fully saturated rings. The van der Waals surface area contributed by atoms with Gasteiger partial charge in [0.15, 0.2) is 10.9 Å². The number of para-hydroxylation sites is 1. The number of piperazine rings is 1. The monoisotopic (exact) mass is 450 g/mol. The highest BCUT2D eigenvalue weighted by molar-refractivity contribution is 7.14. The third-order valence-corrected chi connectivity index (χ3v) is 5.88. The number of hydrogen-bond donors (Lipinski definition) is 0. The number of thiazole rings is 1. The SMILES string of the molecule is CC(=O)N(c1ccccc1)c1nc(C=CC(=O)N2CCN(C(=O)c3ccco3)CC2)cs1. The highest BCUT2D eigenvalue weighted by Gasteiger charge is 2.25. The molecule has 1 saturated heterocycles. The van der Waals surface area contributed by atoms with Crippen molar-refractivity contribution in [3.05, 3.63) is 71.6 Å². The Balaban J connectivity index is 1.36. The van der Waals surface area contributed by atoms with Gasteiger partial charge in [-0.1, -0.05) is 18.2 Å². The minimum absolute atomic E-state index is 0.140. The summed E-state index contributed by atoms with van der Waals surface area (Å²) in [6.07, 6.45) is 4.59. The van der Waals surface area contributed by atoms with Crippen LogP contribution >= 0.6 is 11.3 Å². The first kappa shape index (κ1) is 21.5. The highest BCUT2D eigenvalue weighted by atomic mass is 32.1. The average molecular weight is 451 g/mol. The number of rotatable bonds is 5. The van der Waals surface area contributed by atoms with E-state index in [1.54, 1.807) is 38.3 Å². The smallest absolute Gasteiger partial charge is 0.289 e. The Labute approximate surface area is 189 Å². The van der Waals surface area contributed by atoms with Crippen molar-refractivity contribution < 1.29 is 18.8 Å². The summed E-state index contributed by atoms with van der Waals surface area (Å²) >= 11 is 1.33. The van der Waals surface area contributed by atoms with Gasteiger partial charge in [-0.3, -0.25) is 19.3 Å². The minimum atomic E-state index is -0.166. The van der Waals surface area contributed by atoms with Crippen LogP contribution in [0.4, 0.5) is 10.8 Å². The van der Waals surface area contributed by atoms with Crippen molar-refractivity contribution in [1.82, 2.24) is 14.8 Å². The van der Waals surface area contributed by atoms with Crippen LogP contribution in [0.15, 0.2) is 64.6 Å². The number of anilines is 2. The van der Waals surface area contributed by atoms with Crippen LogP contribution in [0.3, 0.4) is 0 Å². The van der Waals surface area contributed by atoms with Crippen molar-refractivity contribution >= 4 is 46.0 Å². The summed E-state index contributed by atoms with van der Waals surface area (Å²) in [5, 5.41) is 2.35. The maximum Gasteiger partial charge on any atom is 0.289 e. The third-order valence-electron chi connectivity index (χ3n) is 5.04. The lowest BCUT2D eigenvalue weighted by atomic mass is 10.2. The fourth-order valence-electron chi connectivity index (χ4n) is 3.41. The average Bonchev–Trinajstić information content (AvgIpc) is 3.50. The van der Waals surface area contributed by atoms with E-state index in [0.29, 0.717) is 42.8 Å². The molecule has 0 spiro atoms. The van der Waals surface area contributed by atoms with E-state index in [-0.39, 0.29) is 17.7 Å². The highest BCUT2D eigenvalue weighted by Crippen LogP contribution is 2.29. The van der Waals surface area contributed by atoms with Gasteiger partial charge in [0.2, 0.25) is 11.8 Å². The van der Waals surface area contributed by atoms with Gasteiger partial charge >= 0.3 is 0 Å². The van der Waals surface area contributed by atoms with Gasteiger partial charge < -0.3 is 14.2 Å². The fraction of sp³-hybridized carbons (Fsp3) is 0.217. The van der Waals surface area contributed by atoms with Crippen molar-refractivity contribution in [3.63, 3.8) is 0 Å². The maximum atomic E-state index is 12.6. The van der Waals surface area contributed by atoms with E-state index in [9.17, 15) is 14.4 Å². The van der Waals surface area contributed by atoms with Crippen LogP contribution in [0.1, 0.15) is 23.2 Å². The van der Waals surface area contributed by atoms with Crippen molar-refractivity contribution in [3.8, 4) is 0 Å². The molecule has 1 aliphatic heterocycles. The zero-order valence-electron chi connectivity index (χ0n) is 17.5. The lowest BCUT2D eigenvalue weighted by Gasteiger charge is -2.33. The Bertz CT molecular complexity index is 1120. The van der Waals surface area contributed by atoms with Gasteiger partial charge in [-0.05, 0) is 30.3 Å². The van der Waals surface area contributed by atoms with E-state index in [0.717, 1.165) is 5.69 Å². The molecule has 3 amide bonds. The van der Waals surface area contributed by atoms with Crippen LogP contribution in [0.5, 0.6) is 0 Å². The molecule has 1 aliphatic rings. The first-order valence-corrected chi connectivity index (χ1v) is 11.0. The van der Waals surface area contributed by atoms with E-state index >= 15 is 0 Å². The van der Waals surface area contributed by atoms with Gasteiger partial charge in [0.05, 0.1) is 17.6 Å². The molecule has 0 aliphatic carbocycles. The second-order valence-electron chi connectivity index (χ2n) is 7.17. The summed E-state index contributed by atoms with van der Waals surface area (Å²) in [5.41, 5.74) is 1.34. The number of furan rings is 1. The lowest BCUT2D eigenvalue weighted by Crippen LogP contribution is -2.50. The van der Waals surface area contributed by atoms with Gasteiger partial charge in [0.25, 0.3) is 5.91 Å². The van der Waals surface area contributed by atoms with Crippen molar-refractivity contribution in [2.45, 2.75) is 6.92 Å². The molecule has 32 heavy (non-hydrogen) atoms. The summed E-state index contributed by atoms with van der Waals surface area (Å²) in [6.45, 7) is 3.28. The molecule has 164 valence electrons. The Kier molecular flexibility index (Phi) is 6.46. The molecule has 1 aromatic carbocycles. The van der Waals surface area contributed by atoms with E-state index in [4.69, 9.17) is 4.42 Å². The van der Waals surface area contributed by atoms with Crippen LogP contribution in [-0.4, -0.2) is 58.7 Å². The summed E-state index contributed by atoms with van der Waals surface area (Å²) in [6, 6.07) is 12.6. The number of hydrogen-bond acceptors (Lipinski definition) is 6. The Morgan fingerprint density at radius 2 is 1.75 bits per heavy atom. The standard InChI is InChI=1S/C23H22N4O4S/c1-17(28)27(19-6-3-2-4-7-19)23-24-18(16-32-23)9-10-21(29)25-11-13-26(14-12-25)22(30)20-8-5-15-31-20/h2-10,15-16H,11-14H2,1H3. The van der Waals surface area contributed by atoms with Crippen molar-refractivity contribution in [2.24, 2.45) is 0 Å². The molecule has 8 nitrogen and oxygen atoms in total. The molecular weight excluding hydrogens is 428 g/mol. The molecule has 0 unspecified atom stereocenters. The number of carbonyl (C=O) groups excluding carboxylic acids is 3. The van der Waals surface area contributed by atoms with Crippen molar-refractivity contribution in [1.29, 1.82) is 0 Å². The molecular formula is C23H22N4O4S. The van der Waals surface area contributed by atoms with Crippen LogP contribution in [0.25, 0.3) is 6.08 Å². The summed E-state index contributed by atoms with van der Waals surface area (Å²) < 4.78 is 5.16. The molecule has 3 aromatic rings. The normalized spacial score (nSPS) is 14.0. The molecule has 0 bridgehead atoms. The molecule has 0 saturated carbocycles. The Morgan fingerprint density at radius 1 is 1.03 bits per heavy atom. The summed E-state index contributed by atoms with van der Waals surface area (Å²) in [4.78, 5) is 46.5. The van der Waals surface area contributed by atoms with Crippen LogP contribution in [0, 0.1) is 0 Å². The van der Waals surface area contributed by atoms with Crippen LogP contribution < -0.4 is 4.90 Å². The molecule has 2 aromatic heterocycles. The topological polar surface area (TPSA) is 87.0 Å². The van der Waals surface area contributed by atoms with E-state index < -0.39 is 0 Å². The zero-order chi connectivity index (χ0) is 22.5. The second kappa shape index (κ2) is 9.61. The Morgan fingerprint density at radius 3 is 2.41 bits per heavy atom. The predicted octanol–water partition coefficient (Wildman–Crippen LogP) is 3.42. The Hall–Kier alpha value is -3.72. The zero-order valence-corrected chi connectivity index (χ0v) is 18.3. The number of amides is 3. The van der Waals surface area contributed by atoms with Gasteiger partial charge in [-0.15, -0.1) is 11.3 Å². The van der Waals surface area contributed by atoms with Crippen LogP contribution in [0.2, 0.25) is 0 Å². The molecule has 0 atom stereocenters. The van der Waals surface area contributed by atoms with Gasteiger partial charge in [0, 0.05) is 44.6 Å². The minimum Gasteiger partial charge on any atom is -0.459 e. The first-order chi connectivity index (χ1) is 15.5. The number of benzene rings is 1. The van der Waals surface area contributed by atoms with E-state index in [1.807, 2.05) is 30.3 Å². The molecule has 0 N–H and O–H groups in total. The maximum absolute atomic E-state index is 12.6. The van der Waals surface area contributed by atoms with E-state index in [2.05, 4.69) is 4.98 Å². The molecule has 9 heteroatoms. The lowest BCUT2D eigenvalue weighted by molar-refractivity contribution is -0.127. The fourth-order valence-corrected chi connectivity index (χ4v) is 4.26. The first-order valence-electron chi connectivity index (χ1n) is 10.1. The number of carbonyl (C=O) groups is 3. The van der Waals surface area contributed by atoms with Gasteiger partial charge in [-0.2, -0.15) is 0 Å². The quantitative estimate of drug-likeness (QED) is 0.556. The van der Waals surface area contributed by atoms with E-state index in [1.165, 1.54) is 30.6 Å². The predicted molar refractivity (Wildman–Crippen MR) is 122 cm³/mol. The largest absolute Gasteiger partial charge is 0.459 e.